The third-order valence-corrected chi connectivity index (χ3v) is 4.00. The summed E-state index contributed by atoms with van der Waals surface area (Å²) in [6.45, 7) is 0.909. The molecule has 0 spiro atoms. The van der Waals surface area contributed by atoms with E-state index in [1.807, 2.05) is 13.1 Å². The second-order valence-electron chi connectivity index (χ2n) is 4.03. The Morgan fingerprint density at radius 3 is 2.83 bits per heavy atom. The van der Waals surface area contributed by atoms with Crippen LogP contribution in [0, 0.1) is 11.3 Å². The molecule has 92 valence electrons. The molecule has 0 aliphatic rings. The average Bonchev–Trinajstić information content (AvgIpc) is 2.88. The molecule has 1 aromatic carbocycles. The molecule has 1 heterocycles. The number of rotatable bonds is 4. The van der Waals surface area contributed by atoms with Gasteiger partial charge in [0.2, 0.25) is 0 Å². The number of nitrogens with zero attached hydrogens (tertiary/aromatic N) is 2. The minimum absolute atomic E-state index is 0.593. The highest BCUT2D eigenvalue weighted by Gasteiger charge is 2.07. The van der Waals surface area contributed by atoms with Gasteiger partial charge >= 0.3 is 0 Å². The highest BCUT2D eigenvalue weighted by atomic mass is 35.5. The highest BCUT2D eigenvalue weighted by molar-refractivity contribution is 7.09. The molecule has 0 unspecified atom stereocenters. The number of hydrogen-bond donors (Lipinski definition) is 0. The second kappa shape index (κ2) is 5.90. The van der Waals surface area contributed by atoms with Crippen molar-refractivity contribution < 1.29 is 0 Å². The van der Waals surface area contributed by atoms with Gasteiger partial charge in [0.1, 0.15) is 0 Å². The molecule has 1 aromatic heterocycles. The molecule has 2 rings (SSSR count). The Kier molecular flexibility index (Phi) is 4.24. The van der Waals surface area contributed by atoms with Crippen molar-refractivity contribution in [2.45, 2.75) is 6.42 Å². The van der Waals surface area contributed by atoms with Crippen LogP contribution in [-0.4, -0.2) is 13.6 Å². The molecular formula is C14H13ClN2S. The quantitative estimate of drug-likeness (QED) is 0.845. The standard InChI is InChI=1S/C14H13ClN2S/c1-17(7-6-12-3-2-8-18-12)14-5-4-11(10-16)9-13(14)15/h2-5,8-9H,6-7H2,1H3. The zero-order valence-corrected chi connectivity index (χ0v) is 11.6. The molecule has 0 amide bonds. The third-order valence-electron chi connectivity index (χ3n) is 2.76. The number of halogens is 1. The van der Waals surface area contributed by atoms with E-state index in [-0.39, 0.29) is 0 Å². The van der Waals surface area contributed by atoms with E-state index in [1.54, 1.807) is 23.5 Å². The third kappa shape index (κ3) is 3.04. The van der Waals surface area contributed by atoms with Gasteiger partial charge in [-0.2, -0.15) is 5.26 Å². The summed E-state index contributed by atoms with van der Waals surface area (Å²) in [7, 11) is 2.01. The molecule has 0 saturated carbocycles. The van der Waals surface area contributed by atoms with Crippen LogP contribution in [0.15, 0.2) is 35.7 Å². The number of nitriles is 1. The van der Waals surface area contributed by atoms with Gasteiger partial charge in [-0.1, -0.05) is 17.7 Å². The average molecular weight is 277 g/mol. The Bertz CT molecular complexity index is 558. The second-order valence-corrected chi connectivity index (χ2v) is 5.47. The summed E-state index contributed by atoms with van der Waals surface area (Å²) in [4.78, 5) is 3.48. The van der Waals surface area contributed by atoms with Crippen LogP contribution < -0.4 is 4.90 Å². The maximum atomic E-state index is 8.80. The van der Waals surface area contributed by atoms with Crippen molar-refractivity contribution in [2.24, 2.45) is 0 Å². The van der Waals surface area contributed by atoms with E-state index in [1.165, 1.54) is 4.88 Å². The largest absolute Gasteiger partial charge is 0.373 e. The zero-order valence-electron chi connectivity index (χ0n) is 10.1. The molecular weight excluding hydrogens is 264 g/mol. The lowest BCUT2D eigenvalue weighted by Crippen LogP contribution is -2.20. The highest BCUT2D eigenvalue weighted by Crippen LogP contribution is 2.26. The van der Waals surface area contributed by atoms with E-state index in [0.29, 0.717) is 10.6 Å². The van der Waals surface area contributed by atoms with E-state index in [9.17, 15) is 0 Å². The number of benzene rings is 1. The van der Waals surface area contributed by atoms with Gasteiger partial charge in [0, 0.05) is 18.5 Å². The van der Waals surface area contributed by atoms with Crippen molar-refractivity contribution in [1.82, 2.24) is 0 Å². The van der Waals surface area contributed by atoms with E-state index < -0.39 is 0 Å². The first kappa shape index (κ1) is 12.9. The van der Waals surface area contributed by atoms with Crippen LogP contribution in [-0.2, 0) is 6.42 Å². The molecule has 2 nitrogen and oxygen atoms in total. The summed E-state index contributed by atoms with van der Waals surface area (Å²) in [5.74, 6) is 0. The Morgan fingerprint density at radius 2 is 2.22 bits per heavy atom. The van der Waals surface area contributed by atoms with Crippen molar-refractivity contribution in [1.29, 1.82) is 5.26 Å². The van der Waals surface area contributed by atoms with Crippen LogP contribution in [0.4, 0.5) is 5.69 Å². The van der Waals surface area contributed by atoms with Gasteiger partial charge < -0.3 is 4.90 Å². The van der Waals surface area contributed by atoms with Crippen molar-refractivity contribution >= 4 is 28.6 Å². The van der Waals surface area contributed by atoms with Crippen LogP contribution in [0.5, 0.6) is 0 Å². The predicted octanol–water partition coefficient (Wildman–Crippen LogP) is 3.95. The Balaban J connectivity index is 2.05. The maximum absolute atomic E-state index is 8.80. The van der Waals surface area contributed by atoms with Crippen LogP contribution in [0.25, 0.3) is 0 Å². The normalized spacial score (nSPS) is 10.1. The van der Waals surface area contributed by atoms with Gasteiger partial charge in [0.15, 0.2) is 0 Å². The molecule has 4 heteroatoms. The molecule has 0 N–H and O–H groups in total. The minimum atomic E-state index is 0.593. The number of anilines is 1. The first-order chi connectivity index (χ1) is 8.70. The van der Waals surface area contributed by atoms with Crippen molar-refractivity contribution in [3.8, 4) is 6.07 Å². The van der Waals surface area contributed by atoms with Crippen LogP contribution >= 0.6 is 22.9 Å². The van der Waals surface area contributed by atoms with Gasteiger partial charge in [0.25, 0.3) is 0 Å². The van der Waals surface area contributed by atoms with Crippen molar-refractivity contribution in [2.75, 3.05) is 18.5 Å². The number of thiophene rings is 1. The molecule has 2 aromatic rings. The smallest absolute Gasteiger partial charge is 0.0992 e. The van der Waals surface area contributed by atoms with Gasteiger partial charge in [-0.3, -0.25) is 0 Å². The Morgan fingerprint density at radius 1 is 1.39 bits per heavy atom. The molecule has 0 fully saturated rings. The lowest BCUT2D eigenvalue weighted by atomic mass is 10.2. The molecule has 0 aliphatic carbocycles. The first-order valence-electron chi connectivity index (χ1n) is 5.64. The summed E-state index contributed by atoms with van der Waals surface area (Å²) in [5.41, 5.74) is 1.56. The fourth-order valence-corrected chi connectivity index (χ4v) is 2.76. The molecule has 0 saturated heterocycles. The molecule has 0 atom stereocenters. The van der Waals surface area contributed by atoms with E-state index in [0.717, 1.165) is 18.7 Å². The van der Waals surface area contributed by atoms with E-state index in [2.05, 4.69) is 28.5 Å². The van der Waals surface area contributed by atoms with E-state index in [4.69, 9.17) is 16.9 Å². The maximum Gasteiger partial charge on any atom is 0.0992 e. The SMILES string of the molecule is CN(CCc1cccs1)c1ccc(C#N)cc1Cl. The molecule has 18 heavy (non-hydrogen) atoms. The van der Waals surface area contributed by atoms with Crippen LogP contribution in [0.3, 0.4) is 0 Å². The monoisotopic (exact) mass is 276 g/mol. The van der Waals surface area contributed by atoms with Crippen molar-refractivity contribution in [3.05, 3.63) is 51.2 Å². The first-order valence-corrected chi connectivity index (χ1v) is 6.89. The van der Waals surface area contributed by atoms with Crippen molar-refractivity contribution in [3.63, 3.8) is 0 Å². The fraction of sp³-hybridized carbons (Fsp3) is 0.214. The summed E-state index contributed by atoms with van der Waals surface area (Å²) in [6.07, 6.45) is 1.00. The number of likely N-dealkylation sites (N-methyl/N-ethyl adjacent to an activating group) is 1. The lowest BCUT2D eigenvalue weighted by Gasteiger charge is -2.20. The fourth-order valence-electron chi connectivity index (χ4n) is 1.74. The Labute approximate surface area is 116 Å². The van der Waals surface area contributed by atoms with Gasteiger partial charge in [-0.05, 0) is 36.1 Å². The lowest BCUT2D eigenvalue weighted by molar-refractivity contribution is 0.887. The zero-order chi connectivity index (χ0) is 13.0. The Hall–Kier alpha value is -1.50. The minimum Gasteiger partial charge on any atom is -0.373 e. The van der Waals surface area contributed by atoms with Gasteiger partial charge in [-0.25, -0.2) is 0 Å². The summed E-state index contributed by atoms with van der Waals surface area (Å²) >= 11 is 7.94. The van der Waals surface area contributed by atoms with Crippen LogP contribution in [0.2, 0.25) is 5.02 Å². The summed E-state index contributed by atoms with van der Waals surface area (Å²) in [5, 5.41) is 11.5. The summed E-state index contributed by atoms with van der Waals surface area (Å²) in [6, 6.07) is 11.7. The van der Waals surface area contributed by atoms with Crippen LogP contribution in [0.1, 0.15) is 10.4 Å². The van der Waals surface area contributed by atoms with Gasteiger partial charge in [-0.15, -0.1) is 11.3 Å². The predicted molar refractivity (Wildman–Crippen MR) is 77.5 cm³/mol. The molecule has 0 radical (unpaired) electrons. The van der Waals surface area contributed by atoms with Gasteiger partial charge in [0.05, 0.1) is 22.3 Å². The molecule has 0 aliphatic heterocycles. The number of hydrogen-bond acceptors (Lipinski definition) is 3. The molecule has 0 bridgehead atoms. The van der Waals surface area contributed by atoms with E-state index >= 15 is 0 Å². The summed E-state index contributed by atoms with van der Waals surface area (Å²) < 4.78 is 0. The topological polar surface area (TPSA) is 27.0 Å².